The quantitative estimate of drug-likeness (QED) is 0.557. The summed E-state index contributed by atoms with van der Waals surface area (Å²) in [6, 6.07) is 0. The molecule has 5 heteroatoms. The van der Waals surface area contributed by atoms with Gasteiger partial charge in [0, 0.05) is 19.5 Å². The zero-order valence-electron chi connectivity index (χ0n) is 7.98. The largest absolute Gasteiger partial charge is 0.389 e. The fourth-order valence-electron chi connectivity index (χ4n) is 1.46. The third kappa shape index (κ3) is 4.62. The maximum absolute atomic E-state index is 11.9. The molecule has 0 atom stereocenters. The molecule has 2 N–H and O–H groups in total. The van der Waals surface area contributed by atoms with E-state index < -0.39 is 12.6 Å². The summed E-state index contributed by atoms with van der Waals surface area (Å²) in [5, 5.41) is 1.65. The monoisotopic (exact) mass is 208 g/mol. The van der Waals surface area contributed by atoms with Crippen molar-refractivity contribution in [2.24, 2.45) is 5.84 Å². The van der Waals surface area contributed by atoms with Gasteiger partial charge in [0.1, 0.15) is 0 Å². The lowest BCUT2D eigenvalue weighted by molar-refractivity contribution is -0.134. The predicted octanol–water partition coefficient (Wildman–Crippen LogP) is 2.22. The van der Waals surface area contributed by atoms with Gasteiger partial charge in [0.2, 0.25) is 0 Å². The van der Waals surface area contributed by atoms with Gasteiger partial charge in [0.25, 0.3) is 0 Å². The standard InChI is InChI=1S/C9H15F3N2/c10-9(11,12)5-3-8-2-1-6-14(13)7-4-8/h2H,1,3-7,13H2. The van der Waals surface area contributed by atoms with E-state index in [1.54, 1.807) is 5.01 Å². The molecule has 0 bridgehead atoms. The van der Waals surface area contributed by atoms with E-state index in [-0.39, 0.29) is 6.42 Å². The van der Waals surface area contributed by atoms with Crippen LogP contribution in [0.1, 0.15) is 25.7 Å². The zero-order valence-corrected chi connectivity index (χ0v) is 7.98. The van der Waals surface area contributed by atoms with Gasteiger partial charge in [0.05, 0.1) is 0 Å². The second-order valence-corrected chi connectivity index (χ2v) is 3.55. The third-order valence-corrected chi connectivity index (χ3v) is 2.30. The van der Waals surface area contributed by atoms with Gasteiger partial charge in [-0.3, -0.25) is 5.84 Å². The first kappa shape index (κ1) is 11.5. The molecule has 0 saturated heterocycles. The summed E-state index contributed by atoms with van der Waals surface area (Å²) in [6.45, 7) is 1.39. The van der Waals surface area contributed by atoms with Crippen LogP contribution in [-0.4, -0.2) is 24.3 Å². The molecule has 0 aromatic heterocycles. The summed E-state index contributed by atoms with van der Waals surface area (Å²) < 4.78 is 35.8. The van der Waals surface area contributed by atoms with Gasteiger partial charge in [-0.15, -0.1) is 0 Å². The van der Waals surface area contributed by atoms with Crippen molar-refractivity contribution in [2.75, 3.05) is 13.1 Å². The van der Waals surface area contributed by atoms with E-state index in [4.69, 9.17) is 5.84 Å². The van der Waals surface area contributed by atoms with E-state index in [9.17, 15) is 13.2 Å². The highest BCUT2D eigenvalue weighted by Crippen LogP contribution is 2.25. The molecule has 0 aromatic carbocycles. The van der Waals surface area contributed by atoms with Gasteiger partial charge in [0.15, 0.2) is 0 Å². The Morgan fingerprint density at radius 2 is 2.07 bits per heavy atom. The van der Waals surface area contributed by atoms with E-state index >= 15 is 0 Å². The Balaban J connectivity index is 2.34. The molecule has 0 radical (unpaired) electrons. The number of rotatable bonds is 2. The second kappa shape index (κ2) is 4.79. The number of alkyl halides is 3. The Kier molecular flexibility index (Phi) is 3.95. The van der Waals surface area contributed by atoms with Gasteiger partial charge in [-0.25, -0.2) is 5.01 Å². The van der Waals surface area contributed by atoms with Gasteiger partial charge < -0.3 is 0 Å². The van der Waals surface area contributed by atoms with E-state index in [1.807, 2.05) is 6.08 Å². The molecular formula is C9H15F3N2. The lowest BCUT2D eigenvalue weighted by Crippen LogP contribution is -2.31. The average molecular weight is 208 g/mol. The number of halogens is 3. The Labute approximate surface area is 81.5 Å². The summed E-state index contributed by atoms with van der Waals surface area (Å²) in [5.74, 6) is 5.56. The summed E-state index contributed by atoms with van der Waals surface area (Å²) in [4.78, 5) is 0. The van der Waals surface area contributed by atoms with Crippen LogP contribution in [0.4, 0.5) is 13.2 Å². The fraction of sp³-hybridized carbons (Fsp3) is 0.778. The molecule has 1 rings (SSSR count). The summed E-state index contributed by atoms with van der Waals surface area (Å²) in [6.07, 6.45) is -1.34. The molecule has 0 aliphatic carbocycles. The van der Waals surface area contributed by atoms with Crippen molar-refractivity contribution >= 4 is 0 Å². The van der Waals surface area contributed by atoms with Crippen LogP contribution < -0.4 is 5.84 Å². The number of hydrazine groups is 1. The molecule has 1 aliphatic rings. The topological polar surface area (TPSA) is 29.3 Å². The first-order chi connectivity index (χ1) is 6.47. The number of hydrogen-bond donors (Lipinski definition) is 1. The lowest BCUT2D eigenvalue weighted by atomic mass is 10.1. The van der Waals surface area contributed by atoms with Gasteiger partial charge >= 0.3 is 6.18 Å². The number of nitrogens with two attached hydrogens (primary N) is 1. The van der Waals surface area contributed by atoms with Crippen LogP contribution in [0, 0.1) is 0 Å². The Morgan fingerprint density at radius 3 is 2.71 bits per heavy atom. The fourth-order valence-corrected chi connectivity index (χ4v) is 1.46. The normalized spacial score (nSPS) is 20.4. The smallest absolute Gasteiger partial charge is 0.269 e. The summed E-state index contributed by atoms with van der Waals surface area (Å²) in [5.41, 5.74) is 0.885. The Morgan fingerprint density at radius 1 is 1.36 bits per heavy atom. The average Bonchev–Trinajstić information content (AvgIpc) is 2.25. The third-order valence-electron chi connectivity index (χ3n) is 2.30. The summed E-state index contributed by atoms with van der Waals surface area (Å²) in [7, 11) is 0. The molecule has 1 aliphatic heterocycles. The van der Waals surface area contributed by atoms with Crippen LogP contribution >= 0.6 is 0 Å². The van der Waals surface area contributed by atoms with E-state index in [0.717, 1.165) is 18.5 Å². The first-order valence-electron chi connectivity index (χ1n) is 4.72. The highest BCUT2D eigenvalue weighted by Gasteiger charge is 2.26. The minimum absolute atomic E-state index is 0.122. The van der Waals surface area contributed by atoms with Crippen LogP contribution in [0.3, 0.4) is 0 Å². The minimum atomic E-state index is -4.05. The number of nitrogens with zero attached hydrogens (tertiary/aromatic N) is 1. The predicted molar refractivity (Wildman–Crippen MR) is 48.4 cm³/mol. The SMILES string of the molecule is NN1CCC=C(CCC(F)(F)F)CC1. The first-order valence-corrected chi connectivity index (χ1v) is 4.72. The van der Waals surface area contributed by atoms with Gasteiger partial charge in [-0.2, -0.15) is 13.2 Å². The minimum Gasteiger partial charge on any atom is -0.269 e. The zero-order chi connectivity index (χ0) is 10.6. The number of hydrogen-bond acceptors (Lipinski definition) is 2. The summed E-state index contributed by atoms with van der Waals surface area (Å²) >= 11 is 0. The Bertz CT molecular complexity index is 211. The molecule has 0 aromatic rings. The molecule has 0 spiro atoms. The van der Waals surface area contributed by atoms with Crippen molar-refractivity contribution in [3.05, 3.63) is 11.6 Å². The molecule has 2 nitrogen and oxygen atoms in total. The molecule has 0 fully saturated rings. The molecular weight excluding hydrogens is 193 g/mol. The van der Waals surface area contributed by atoms with Crippen molar-refractivity contribution in [3.8, 4) is 0 Å². The lowest BCUT2D eigenvalue weighted by Gasteiger charge is -2.12. The van der Waals surface area contributed by atoms with Gasteiger partial charge in [-0.1, -0.05) is 11.6 Å². The molecule has 0 saturated carbocycles. The maximum atomic E-state index is 11.9. The molecule has 0 unspecified atom stereocenters. The molecule has 0 amide bonds. The van der Waals surface area contributed by atoms with E-state index in [1.165, 1.54) is 0 Å². The van der Waals surface area contributed by atoms with Crippen molar-refractivity contribution in [3.63, 3.8) is 0 Å². The van der Waals surface area contributed by atoms with Crippen LogP contribution in [0.25, 0.3) is 0 Å². The Hall–Kier alpha value is -0.550. The highest BCUT2D eigenvalue weighted by atomic mass is 19.4. The molecule has 82 valence electrons. The van der Waals surface area contributed by atoms with Crippen LogP contribution in [-0.2, 0) is 0 Å². The van der Waals surface area contributed by atoms with Crippen molar-refractivity contribution < 1.29 is 13.2 Å². The second-order valence-electron chi connectivity index (χ2n) is 3.55. The van der Waals surface area contributed by atoms with E-state index in [0.29, 0.717) is 13.0 Å². The molecule has 14 heavy (non-hydrogen) atoms. The van der Waals surface area contributed by atoms with Crippen LogP contribution in [0.5, 0.6) is 0 Å². The maximum Gasteiger partial charge on any atom is 0.389 e. The van der Waals surface area contributed by atoms with Crippen molar-refractivity contribution in [2.45, 2.75) is 31.9 Å². The van der Waals surface area contributed by atoms with Crippen molar-refractivity contribution in [1.29, 1.82) is 0 Å². The highest BCUT2D eigenvalue weighted by molar-refractivity contribution is 5.04. The van der Waals surface area contributed by atoms with Crippen LogP contribution in [0.15, 0.2) is 11.6 Å². The van der Waals surface area contributed by atoms with Crippen LogP contribution in [0.2, 0.25) is 0 Å². The molecule has 1 heterocycles. The van der Waals surface area contributed by atoms with Gasteiger partial charge in [-0.05, 0) is 19.3 Å². The van der Waals surface area contributed by atoms with E-state index in [2.05, 4.69) is 0 Å². The van der Waals surface area contributed by atoms with Crippen molar-refractivity contribution in [1.82, 2.24) is 5.01 Å².